The monoisotopic (exact) mass is 256 g/mol. The summed E-state index contributed by atoms with van der Waals surface area (Å²) in [7, 11) is -1.76. The zero-order valence-electron chi connectivity index (χ0n) is 9.34. The fourth-order valence-corrected chi connectivity index (χ4v) is 4.49. The predicted octanol–water partition coefficient (Wildman–Crippen LogP) is 2.88. The minimum absolute atomic E-state index is 0.0834. The molecule has 16 heavy (non-hydrogen) atoms. The van der Waals surface area contributed by atoms with Crippen molar-refractivity contribution in [3.63, 3.8) is 0 Å². The largest absolute Gasteiger partial charge is 0.350 e. The Morgan fingerprint density at radius 2 is 1.88 bits per heavy atom. The molecule has 1 aliphatic rings. The average molecular weight is 256 g/mol. The normalized spacial score (nSPS) is 26.0. The van der Waals surface area contributed by atoms with Crippen LogP contribution in [0.2, 0.25) is 0 Å². The van der Waals surface area contributed by atoms with Crippen LogP contribution in [-0.4, -0.2) is 27.0 Å². The summed E-state index contributed by atoms with van der Waals surface area (Å²) in [6.45, 7) is 2.09. The topological polar surface area (TPSA) is 40.5 Å². The third-order valence-corrected chi connectivity index (χ3v) is 5.63. The minimum Gasteiger partial charge on any atom is -0.350 e. The van der Waals surface area contributed by atoms with E-state index in [2.05, 4.69) is 31.2 Å². The van der Waals surface area contributed by atoms with E-state index in [0.717, 1.165) is 17.9 Å². The van der Waals surface area contributed by atoms with Gasteiger partial charge in [0.25, 0.3) is 0 Å². The zero-order valence-corrected chi connectivity index (χ0v) is 11.0. The lowest BCUT2D eigenvalue weighted by atomic mass is 9.95. The van der Waals surface area contributed by atoms with Crippen LogP contribution in [0.5, 0.6) is 0 Å². The molecule has 2 N–H and O–H groups in total. The van der Waals surface area contributed by atoms with Crippen LogP contribution in [0.25, 0.3) is 0 Å². The van der Waals surface area contributed by atoms with Gasteiger partial charge in [-0.05, 0) is 24.8 Å². The molecule has 0 spiro atoms. The summed E-state index contributed by atoms with van der Waals surface area (Å²) >= 11 is 1.83. The summed E-state index contributed by atoms with van der Waals surface area (Å²) in [6.07, 6.45) is 0.911. The first-order chi connectivity index (χ1) is 7.66. The van der Waals surface area contributed by atoms with Crippen molar-refractivity contribution in [3.8, 4) is 0 Å². The Morgan fingerprint density at radius 3 is 2.50 bits per heavy atom. The smallest absolute Gasteiger partial charge is 0.169 e. The molecule has 1 aromatic rings. The van der Waals surface area contributed by atoms with Crippen LogP contribution in [0.1, 0.15) is 23.5 Å². The molecule has 1 fully saturated rings. The number of benzene rings is 1. The fourth-order valence-electron chi connectivity index (χ4n) is 2.04. The van der Waals surface area contributed by atoms with Gasteiger partial charge in [-0.1, -0.05) is 29.8 Å². The van der Waals surface area contributed by atoms with E-state index in [0.29, 0.717) is 5.92 Å². The number of thioether (sulfide) groups is 1. The fraction of sp³-hybridized carbons (Fsp3) is 0.500. The maximum absolute atomic E-state index is 9.29. The molecular weight excluding hydrogens is 239 g/mol. The van der Waals surface area contributed by atoms with Gasteiger partial charge >= 0.3 is 0 Å². The molecule has 2 nitrogen and oxygen atoms in total. The molecule has 0 aliphatic carbocycles. The lowest BCUT2D eigenvalue weighted by Crippen LogP contribution is -2.21. The molecule has 1 heterocycles. The minimum atomic E-state index is -1.76. The lowest BCUT2D eigenvalue weighted by molar-refractivity contribution is 0.457. The van der Waals surface area contributed by atoms with E-state index in [1.165, 1.54) is 11.1 Å². The van der Waals surface area contributed by atoms with Crippen molar-refractivity contribution in [2.75, 3.05) is 11.5 Å². The summed E-state index contributed by atoms with van der Waals surface area (Å²) in [5.74, 6) is 2.47. The predicted molar refractivity (Wildman–Crippen MR) is 71.0 cm³/mol. The average Bonchev–Trinajstić information content (AvgIpc) is 2.30. The second-order valence-electron chi connectivity index (χ2n) is 4.35. The molecule has 4 heteroatoms. The van der Waals surface area contributed by atoms with E-state index < -0.39 is 8.38 Å². The van der Waals surface area contributed by atoms with Gasteiger partial charge in [-0.25, -0.2) is 0 Å². The van der Waals surface area contributed by atoms with Crippen molar-refractivity contribution < 1.29 is 9.79 Å². The maximum atomic E-state index is 9.29. The zero-order chi connectivity index (χ0) is 11.5. The molecule has 1 aliphatic heterocycles. The Labute approximate surface area is 102 Å². The van der Waals surface area contributed by atoms with E-state index in [4.69, 9.17) is 0 Å². The number of rotatable bonds is 2. The Balaban J connectivity index is 2.06. The van der Waals surface area contributed by atoms with Gasteiger partial charge < -0.3 is 9.79 Å². The Kier molecular flexibility index (Phi) is 4.26. The van der Waals surface area contributed by atoms with Crippen molar-refractivity contribution in [2.24, 2.45) is 0 Å². The van der Waals surface area contributed by atoms with Crippen LogP contribution in [0.4, 0.5) is 0 Å². The first-order valence-electron chi connectivity index (χ1n) is 5.48. The van der Waals surface area contributed by atoms with Crippen LogP contribution in [0.15, 0.2) is 24.3 Å². The van der Waals surface area contributed by atoms with E-state index >= 15 is 0 Å². The molecule has 1 saturated heterocycles. The first-order valence-corrected chi connectivity index (χ1v) is 7.95. The van der Waals surface area contributed by atoms with Gasteiger partial charge in [0, 0.05) is 17.2 Å². The van der Waals surface area contributed by atoms with Crippen molar-refractivity contribution in [1.82, 2.24) is 0 Å². The van der Waals surface area contributed by atoms with Crippen molar-refractivity contribution in [2.45, 2.75) is 24.9 Å². The Bertz CT molecular complexity index is 339. The molecule has 2 unspecified atom stereocenters. The maximum Gasteiger partial charge on any atom is 0.169 e. The van der Waals surface area contributed by atoms with Gasteiger partial charge in [-0.3, -0.25) is 0 Å². The quantitative estimate of drug-likeness (QED) is 0.799. The van der Waals surface area contributed by atoms with E-state index in [9.17, 15) is 9.79 Å². The Hall–Kier alpha value is -0.0800. The molecule has 0 saturated carbocycles. The molecule has 0 aromatic heterocycles. The summed E-state index contributed by atoms with van der Waals surface area (Å²) < 4.78 is 0. The van der Waals surface area contributed by atoms with Crippen LogP contribution < -0.4 is 0 Å². The highest BCUT2D eigenvalue weighted by atomic mass is 32.2. The molecule has 0 radical (unpaired) electrons. The van der Waals surface area contributed by atoms with Gasteiger partial charge in [0.05, 0.1) is 0 Å². The van der Waals surface area contributed by atoms with Crippen molar-refractivity contribution in [3.05, 3.63) is 35.4 Å². The highest BCUT2D eigenvalue weighted by Gasteiger charge is 2.28. The van der Waals surface area contributed by atoms with E-state index in [1.807, 2.05) is 11.8 Å². The van der Waals surface area contributed by atoms with Crippen LogP contribution in [0.3, 0.4) is 0 Å². The standard InChI is InChI=1S/C12H17O2PS/c1-9-2-4-10(5-3-9)11-6-12(15(13)14)8-16-7-11/h2-5,11-14H,6-8H2,1H3. The summed E-state index contributed by atoms with van der Waals surface area (Å²) in [5, 5.41) is 0. The van der Waals surface area contributed by atoms with E-state index in [1.54, 1.807) is 0 Å². The number of hydrogen-bond acceptors (Lipinski definition) is 3. The number of hydrogen-bond donors (Lipinski definition) is 2. The SMILES string of the molecule is Cc1ccc(C2CSCC(P(O)O)C2)cc1. The van der Waals surface area contributed by atoms with Gasteiger partial charge in [0.2, 0.25) is 0 Å². The van der Waals surface area contributed by atoms with Crippen LogP contribution in [-0.2, 0) is 0 Å². The number of aryl methyl sites for hydroxylation is 1. The molecule has 1 aromatic carbocycles. The molecule has 88 valence electrons. The summed E-state index contributed by atoms with van der Waals surface area (Å²) in [6, 6.07) is 8.59. The van der Waals surface area contributed by atoms with Gasteiger partial charge in [0.1, 0.15) is 0 Å². The third-order valence-electron chi connectivity index (χ3n) is 3.06. The molecular formula is C12H17O2PS. The van der Waals surface area contributed by atoms with Crippen molar-refractivity contribution in [1.29, 1.82) is 0 Å². The molecule has 2 atom stereocenters. The first kappa shape index (κ1) is 12.4. The molecule has 2 rings (SSSR count). The highest BCUT2D eigenvalue weighted by Crippen LogP contribution is 2.44. The summed E-state index contributed by atoms with van der Waals surface area (Å²) in [4.78, 5) is 18.6. The highest BCUT2D eigenvalue weighted by molar-refractivity contribution is 7.99. The van der Waals surface area contributed by atoms with Crippen LogP contribution in [0, 0.1) is 6.92 Å². The second kappa shape index (κ2) is 5.50. The second-order valence-corrected chi connectivity index (χ2v) is 6.80. The van der Waals surface area contributed by atoms with Gasteiger partial charge in [-0.2, -0.15) is 11.8 Å². The van der Waals surface area contributed by atoms with E-state index in [-0.39, 0.29) is 5.66 Å². The molecule has 0 bridgehead atoms. The van der Waals surface area contributed by atoms with Crippen molar-refractivity contribution >= 4 is 20.1 Å². The Morgan fingerprint density at radius 1 is 1.19 bits per heavy atom. The summed E-state index contributed by atoms with van der Waals surface area (Å²) in [5.41, 5.74) is 2.69. The van der Waals surface area contributed by atoms with Gasteiger partial charge in [-0.15, -0.1) is 0 Å². The van der Waals surface area contributed by atoms with Gasteiger partial charge in [0.15, 0.2) is 8.38 Å². The lowest BCUT2D eigenvalue weighted by Gasteiger charge is -2.29. The van der Waals surface area contributed by atoms with Crippen LogP contribution >= 0.6 is 20.1 Å². The third kappa shape index (κ3) is 2.98. The molecule has 0 amide bonds.